The third kappa shape index (κ3) is 5.37. The molecule has 0 radical (unpaired) electrons. The minimum absolute atomic E-state index is 0.257. The fourth-order valence-corrected chi connectivity index (χ4v) is 2.90. The summed E-state index contributed by atoms with van der Waals surface area (Å²) in [5, 5.41) is 3.10. The van der Waals surface area contributed by atoms with Gasteiger partial charge in [0.2, 0.25) is 0 Å². The molecule has 27 heavy (non-hydrogen) atoms. The van der Waals surface area contributed by atoms with Gasteiger partial charge >= 0.3 is 5.97 Å². The fourth-order valence-electron chi connectivity index (χ4n) is 2.53. The maximum atomic E-state index is 12.2. The van der Waals surface area contributed by atoms with E-state index >= 15 is 0 Å². The van der Waals surface area contributed by atoms with E-state index in [2.05, 4.69) is 5.32 Å². The minimum atomic E-state index is -0.641. The van der Waals surface area contributed by atoms with Crippen molar-refractivity contribution < 1.29 is 23.8 Å². The first-order chi connectivity index (χ1) is 12.8. The molecule has 144 valence electrons. The SMILES string of the molecule is CCOc1ccc(C(=O)OCC(=O)Nc2c(C)cc(C)cc2Cl)cc1OC. The molecular weight excluding hydrogens is 370 g/mol. The van der Waals surface area contributed by atoms with Gasteiger partial charge in [0.1, 0.15) is 0 Å². The van der Waals surface area contributed by atoms with Crippen LogP contribution in [0.1, 0.15) is 28.4 Å². The zero-order valence-electron chi connectivity index (χ0n) is 15.7. The molecule has 1 N–H and O–H groups in total. The molecule has 0 bridgehead atoms. The predicted molar refractivity (Wildman–Crippen MR) is 104 cm³/mol. The Labute approximate surface area is 163 Å². The van der Waals surface area contributed by atoms with Gasteiger partial charge in [0.25, 0.3) is 5.91 Å². The molecule has 0 atom stereocenters. The molecule has 1 amide bonds. The van der Waals surface area contributed by atoms with Crippen molar-refractivity contribution >= 4 is 29.2 Å². The summed E-state index contributed by atoms with van der Waals surface area (Å²) in [6, 6.07) is 8.33. The summed E-state index contributed by atoms with van der Waals surface area (Å²) in [7, 11) is 1.48. The van der Waals surface area contributed by atoms with Crippen LogP contribution < -0.4 is 14.8 Å². The zero-order chi connectivity index (χ0) is 20.0. The number of hydrogen-bond acceptors (Lipinski definition) is 5. The topological polar surface area (TPSA) is 73.9 Å². The first-order valence-corrected chi connectivity index (χ1v) is 8.78. The first kappa shape index (κ1) is 20.6. The number of rotatable bonds is 7. The molecular formula is C20H22ClNO5. The summed E-state index contributed by atoms with van der Waals surface area (Å²) in [6.45, 7) is 5.64. The standard InChI is InChI=1S/C20H22ClNO5/c1-5-26-16-7-6-14(10-17(16)25-4)20(24)27-11-18(23)22-19-13(3)8-12(2)9-15(19)21/h6-10H,5,11H2,1-4H3,(H,22,23). The number of aryl methyl sites for hydroxylation is 2. The molecule has 0 aliphatic heterocycles. The van der Waals surface area contributed by atoms with Gasteiger partial charge in [-0.1, -0.05) is 17.7 Å². The summed E-state index contributed by atoms with van der Waals surface area (Å²) < 4.78 is 15.7. The van der Waals surface area contributed by atoms with Crippen LogP contribution in [0.15, 0.2) is 30.3 Å². The third-order valence-corrected chi connectivity index (χ3v) is 4.03. The van der Waals surface area contributed by atoms with Gasteiger partial charge in [-0.3, -0.25) is 4.79 Å². The molecule has 0 spiro atoms. The van der Waals surface area contributed by atoms with Crippen LogP contribution in [0.4, 0.5) is 5.69 Å². The van der Waals surface area contributed by atoms with E-state index in [-0.39, 0.29) is 5.56 Å². The summed E-state index contributed by atoms with van der Waals surface area (Å²) in [6.07, 6.45) is 0. The maximum Gasteiger partial charge on any atom is 0.338 e. The Hall–Kier alpha value is -2.73. The Morgan fingerprint density at radius 2 is 1.85 bits per heavy atom. The number of carbonyl (C=O) groups is 2. The molecule has 0 fully saturated rings. The van der Waals surface area contributed by atoms with E-state index in [0.717, 1.165) is 11.1 Å². The molecule has 0 aliphatic rings. The molecule has 0 unspecified atom stereocenters. The number of anilines is 1. The van der Waals surface area contributed by atoms with Gasteiger partial charge in [-0.2, -0.15) is 0 Å². The highest BCUT2D eigenvalue weighted by atomic mass is 35.5. The van der Waals surface area contributed by atoms with Crippen LogP contribution in [0.2, 0.25) is 5.02 Å². The van der Waals surface area contributed by atoms with Gasteiger partial charge < -0.3 is 19.5 Å². The number of amides is 1. The quantitative estimate of drug-likeness (QED) is 0.717. The van der Waals surface area contributed by atoms with E-state index in [1.54, 1.807) is 18.2 Å². The van der Waals surface area contributed by atoms with Crippen LogP contribution in [0, 0.1) is 13.8 Å². The number of halogens is 1. The Bertz CT molecular complexity index is 827. The number of nitrogens with one attached hydrogen (secondary N) is 1. The molecule has 0 saturated heterocycles. The molecule has 2 aromatic rings. The van der Waals surface area contributed by atoms with Gasteiger partial charge in [-0.15, -0.1) is 0 Å². The Kier molecular flexibility index (Phi) is 7.07. The first-order valence-electron chi connectivity index (χ1n) is 8.40. The smallest absolute Gasteiger partial charge is 0.338 e. The van der Waals surface area contributed by atoms with Crippen LogP contribution in [-0.4, -0.2) is 32.2 Å². The van der Waals surface area contributed by atoms with E-state index in [1.807, 2.05) is 26.8 Å². The van der Waals surface area contributed by atoms with Crippen molar-refractivity contribution in [1.29, 1.82) is 0 Å². The van der Waals surface area contributed by atoms with Crippen LogP contribution in [0.25, 0.3) is 0 Å². The van der Waals surface area contributed by atoms with Crippen molar-refractivity contribution in [3.8, 4) is 11.5 Å². The molecule has 2 aromatic carbocycles. The van der Waals surface area contributed by atoms with E-state index in [9.17, 15) is 9.59 Å². The summed E-state index contributed by atoms with van der Waals surface area (Å²) >= 11 is 6.16. The number of methoxy groups -OCH3 is 1. The molecule has 0 aromatic heterocycles. The average Bonchev–Trinajstić information content (AvgIpc) is 2.63. The van der Waals surface area contributed by atoms with E-state index in [1.165, 1.54) is 13.2 Å². The lowest BCUT2D eigenvalue weighted by Gasteiger charge is -2.12. The van der Waals surface area contributed by atoms with Crippen molar-refractivity contribution in [3.63, 3.8) is 0 Å². The number of benzene rings is 2. The number of ether oxygens (including phenoxy) is 3. The van der Waals surface area contributed by atoms with Gasteiger partial charge in [0.15, 0.2) is 18.1 Å². The summed E-state index contributed by atoms with van der Waals surface area (Å²) in [4.78, 5) is 24.3. The second-order valence-corrected chi connectivity index (χ2v) is 6.27. The largest absolute Gasteiger partial charge is 0.493 e. The molecule has 0 saturated carbocycles. The maximum absolute atomic E-state index is 12.2. The van der Waals surface area contributed by atoms with Gasteiger partial charge in [-0.05, 0) is 56.2 Å². The number of carbonyl (C=O) groups excluding carboxylic acids is 2. The van der Waals surface area contributed by atoms with Crippen LogP contribution in [-0.2, 0) is 9.53 Å². The van der Waals surface area contributed by atoms with E-state index < -0.39 is 18.5 Å². The second-order valence-electron chi connectivity index (χ2n) is 5.86. The molecule has 7 heteroatoms. The normalized spacial score (nSPS) is 10.3. The number of hydrogen-bond donors (Lipinski definition) is 1. The summed E-state index contributed by atoms with van der Waals surface area (Å²) in [5.74, 6) is -0.176. The van der Waals surface area contributed by atoms with Crippen LogP contribution in [0.5, 0.6) is 11.5 Å². The fraction of sp³-hybridized carbons (Fsp3) is 0.300. The number of esters is 1. The third-order valence-electron chi connectivity index (χ3n) is 3.73. The highest BCUT2D eigenvalue weighted by Gasteiger charge is 2.15. The molecule has 2 rings (SSSR count). The predicted octanol–water partition coefficient (Wildman–Crippen LogP) is 4.16. The van der Waals surface area contributed by atoms with Crippen molar-refractivity contribution in [2.45, 2.75) is 20.8 Å². The Balaban J connectivity index is 2.00. The highest BCUT2D eigenvalue weighted by molar-refractivity contribution is 6.34. The minimum Gasteiger partial charge on any atom is -0.493 e. The van der Waals surface area contributed by atoms with Crippen molar-refractivity contribution in [1.82, 2.24) is 0 Å². The Morgan fingerprint density at radius 1 is 1.11 bits per heavy atom. The lowest BCUT2D eigenvalue weighted by Crippen LogP contribution is -2.21. The zero-order valence-corrected chi connectivity index (χ0v) is 16.5. The van der Waals surface area contributed by atoms with Crippen molar-refractivity contribution in [2.75, 3.05) is 25.6 Å². The summed E-state index contributed by atoms with van der Waals surface area (Å²) in [5.41, 5.74) is 2.58. The van der Waals surface area contributed by atoms with Crippen molar-refractivity contribution in [3.05, 3.63) is 52.0 Å². The monoisotopic (exact) mass is 391 g/mol. The van der Waals surface area contributed by atoms with Gasteiger partial charge in [-0.25, -0.2) is 4.79 Å². The molecule has 6 nitrogen and oxygen atoms in total. The second kappa shape index (κ2) is 9.28. The lowest BCUT2D eigenvalue weighted by atomic mass is 10.1. The highest BCUT2D eigenvalue weighted by Crippen LogP contribution is 2.29. The van der Waals surface area contributed by atoms with Gasteiger partial charge in [0.05, 0.1) is 30.0 Å². The van der Waals surface area contributed by atoms with Gasteiger partial charge in [0, 0.05) is 0 Å². The van der Waals surface area contributed by atoms with Crippen molar-refractivity contribution in [2.24, 2.45) is 0 Å². The average molecular weight is 392 g/mol. The van der Waals surface area contributed by atoms with Crippen LogP contribution in [0.3, 0.4) is 0 Å². The van der Waals surface area contributed by atoms with Crippen LogP contribution >= 0.6 is 11.6 Å². The molecule has 0 aliphatic carbocycles. The van der Waals surface area contributed by atoms with E-state index in [0.29, 0.717) is 28.8 Å². The Morgan fingerprint density at radius 3 is 2.48 bits per heavy atom. The lowest BCUT2D eigenvalue weighted by molar-refractivity contribution is -0.119. The van der Waals surface area contributed by atoms with E-state index in [4.69, 9.17) is 25.8 Å². The molecule has 0 heterocycles.